The fraction of sp³-hybridized carbons (Fsp3) is 0.379. The van der Waals surface area contributed by atoms with Crippen LogP contribution in [0.5, 0.6) is 5.75 Å². The van der Waals surface area contributed by atoms with E-state index < -0.39 is 22.0 Å². The average Bonchev–Trinajstić information content (AvgIpc) is 3.67. The Labute approximate surface area is 247 Å². The van der Waals surface area contributed by atoms with E-state index in [-0.39, 0.29) is 35.1 Å². The second-order valence-corrected chi connectivity index (χ2v) is 13.6. The van der Waals surface area contributed by atoms with Crippen molar-refractivity contribution in [1.29, 1.82) is 0 Å². The van der Waals surface area contributed by atoms with E-state index in [1.54, 1.807) is 17.3 Å². The predicted octanol–water partition coefficient (Wildman–Crippen LogP) is 2.46. The van der Waals surface area contributed by atoms with Crippen LogP contribution >= 0.6 is 11.6 Å². The first-order valence-corrected chi connectivity index (χ1v) is 15.7. The number of aromatic nitrogens is 2. The van der Waals surface area contributed by atoms with Gasteiger partial charge in [0, 0.05) is 51.9 Å². The second-order valence-electron chi connectivity index (χ2n) is 11.4. The number of ether oxygens (including phenoxy) is 1. The van der Waals surface area contributed by atoms with Gasteiger partial charge in [0.2, 0.25) is 11.8 Å². The van der Waals surface area contributed by atoms with E-state index in [4.69, 9.17) is 16.3 Å². The van der Waals surface area contributed by atoms with Gasteiger partial charge in [-0.15, -0.1) is 0 Å². The number of carbonyl (C=O) groups excluding carboxylic acids is 3. The highest BCUT2D eigenvalue weighted by molar-refractivity contribution is 7.89. The van der Waals surface area contributed by atoms with Crippen molar-refractivity contribution in [1.82, 2.24) is 24.3 Å². The molecular formula is C29H28ClN5O6S. The summed E-state index contributed by atoms with van der Waals surface area (Å²) in [5.41, 5.74) is 3.10. The molecule has 7 rings (SSSR count). The molecule has 1 N–H and O–H groups in total. The van der Waals surface area contributed by atoms with Crippen LogP contribution in [-0.2, 0) is 38.1 Å². The van der Waals surface area contributed by atoms with Gasteiger partial charge in [0.05, 0.1) is 24.2 Å². The third-order valence-electron chi connectivity index (χ3n) is 8.92. The van der Waals surface area contributed by atoms with Crippen molar-refractivity contribution in [3.05, 3.63) is 76.1 Å². The number of imide groups is 1. The number of amides is 3. The van der Waals surface area contributed by atoms with Gasteiger partial charge in [-0.1, -0.05) is 17.7 Å². The second kappa shape index (κ2) is 9.92. The molecule has 13 heteroatoms. The quantitative estimate of drug-likeness (QED) is 0.437. The van der Waals surface area contributed by atoms with Crippen molar-refractivity contribution in [2.75, 3.05) is 19.7 Å². The van der Waals surface area contributed by atoms with Crippen LogP contribution in [0.25, 0.3) is 0 Å². The summed E-state index contributed by atoms with van der Waals surface area (Å²) in [6.07, 6.45) is 5.36. The van der Waals surface area contributed by atoms with E-state index in [1.165, 1.54) is 24.3 Å². The third kappa shape index (κ3) is 4.40. The van der Waals surface area contributed by atoms with Crippen LogP contribution in [0.4, 0.5) is 0 Å². The monoisotopic (exact) mass is 609 g/mol. The molecule has 0 saturated carbocycles. The molecule has 3 amide bonds. The lowest BCUT2D eigenvalue weighted by Gasteiger charge is -2.38. The van der Waals surface area contributed by atoms with E-state index in [2.05, 4.69) is 15.3 Å². The number of carbonyl (C=O) groups is 3. The highest BCUT2D eigenvalue weighted by Crippen LogP contribution is 2.49. The third-order valence-corrected chi connectivity index (χ3v) is 10.7. The maximum Gasteiger partial charge on any atom is 0.282 e. The summed E-state index contributed by atoms with van der Waals surface area (Å²) in [6.45, 7) is 2.96. The molecule has 0 bridgehead atoms. The molecule has 4 aliphatic rings. The van der Waals surface area contributed by atoms with E-state index >= 15 is 0 Å². The average molecular weight is 610 g/mol. The standard InChI is InChI=1S/C29H28ClN5O6S/c30-19-1-3-20(4-2-19)42(39,40)35-15-18(13-31-35)14-33-11-9-29(10-12-33)17-41-26-22-16-34(24-7-8-25(36)32-27(24)37)28(38)21(22)5-6-23(26)29/h1-6,13,15,24H,7-12,14,16-17H2,(H,32,36,37)/t24-/m0/s1. The number of likely N-dealkylation sites (tertiary alicyclic amines) is 1. The Balaban J connectivity index is 1.03. The topological polar surface area (TPSA) is 131 Å². The number of piperidine rings is 2. The zero-order valence-electron chi connectivity index (χ0n) is 22.6. The van der Waals surface area contributed by atoms with Crippen LogP contribution in [-0.4, -0.2) is 70.9 Å². The van der Waals surface area contributed by atoms with Gasteiger partial charge < -0.3 is 9.64 Å². The number of rotatable bonds is 5. The first kappa shape index (κ1) is 27.1. The predicted molar refractivity (Wildman–Crippen MR) is 150 cm³/mol. The zero-order chi connectivity index (χ0) is 29.2. The molecule has 1 aromatic heterocycles. The molecule has 1 spiro atoms. The van der Waals surface area contributed by atoms with Crippen LogP contribution in [0.15, 0.2) is 53.7 Å². The summed E-state index contributed by atoms with van der Waals surface area (Å²) < 4.78 is 33.2. The first-order valence-electron chi connectivity index (χ1n) is 13.9. The van der Waals surface area contributed by atoms with Gasteiger partial charge in [-0.25, -0.2) is 0 Å². The minimum Gasteiger partial charge on any atom is -0.492 e. The largest absolute Gasteiger partial charge is 0.492 e. The number of benzene rings is 2. The minimum atomic E-state index is -3.81. The number of halogens is 1. The smallest absolute Gasteiger partial charge is 0.282 e. The van der Waals surface area contributed by atoms with Gasteiger partial charge >= 0.3 is 0 Å². The van der Waals surface area contributed by atoms with Crippen LogP contribution in [0.3, 0.4) is 0 Å². The number of nitrogens with zero attached hydrogens (tertiary/aromatic N) is 4. The zero-order valence-corrected chi connectivity index (χ0v) is 24.2. The summed E-state index contributed by atoms with van der Waals surface area (Å²) in [4.78, 5) is 41.2. The van der Waals surface area contributed by atoms with Gasteiger partial charge in [0.25, 0.3) is 15.9 Å². The van der Waals surface area contributed by atoms with E-state index in [0.717, 1.165) is 52.5 Å². The Kier molecular flexibility index (Phi) is 6.41. The summed E-state index contributed by atoms with van der Waals surface area (Å²) in [5.74, 6) is -0.199. The fourth-order valence-electron chi connectivity index (χ4n) is 6.56. The molecule has 218 valence electrons. The Morgan fingerprint density at radius 3 is 2.57 bits per heavy atom. The Bertz CT molecular complexity index is 1730. The van der Waals surface area contributed by atoms with Crippen molar-refractivity contribution in [2.45, 2.75) is 55.1 Å². The lowest BCUT2D eigenvalue weighted by molar-refractivity contribution is -0.136. The number of fused-ring (bicyclic) bond motifs is 4. The normalized spacial score (nSPS) is 21.8. The maximum absolute atomic E-state index is 13.2. The lowest BCUT2D eigenvalue weighted by atomic mass is 9.74. The van der Waals surface area contributed by atoms with Gasteiger partial charge in [-0.05, 0) is 62.7 Å². The van der Waals surface area contributed by atoms with Crippen LogP contribution < -0.4 is 10.1 Å². The van der Waals surface area contributed by atoms with Crippen molar-refractivity contribution >= 4 is 39.3 Å². The molecule has 2 saturated heterocycles. The van der Waals surface area contributed by atoms with E-state index in [9.17, 15) is 22.8 Å². The van der Waals surface area contributed by atoms with Crippen LogP contribution in [0.1, 0.15) is 52.7 Å². The molecule has 0 unspecified atom stereocenters. The molecule has 1 atom stereocenters. The number of hydrogen-bond donors (Lipinski definition) is 1. The summed E-state index contributed by atoms with van der Waals surface area (Å²) in [6, 6.07) is 9.17. The Hall–Kier alpha value is -3.74. The molecule has 2 fully saturated rings. The Morgan fingerprint density at radius 2 is 1.83 bits per heavy atom. The molecule has 42 heavy (non-hydrogen) atoms. The summed E-state index contributed by atoms with van der Waals surface area (Å²) in [7, 11) is -3.81. The molecule has 3 aromatic rings. The fourth-order valence-corrected chi connectivity index (χ4v) is 7.83. The maximum atomic E-state index is 13.2. The molecule has 0 radical (unpaired) electrons. The highest BCUT2D eigenvalue weighted by Gasteiger charge is 2.47. The van der Waals surface area contributed by atoms with Crippen molar-refractivity contribution in [3.8, 4) is 5.75 Å². The van der Waals surface area contributed by atoms with Crippen molar-refractivity contribution in [3.63, 3.8) is 0 Å². The molecule has 4 aliphatic heterocycles. The molecular weight excluding hydrogens is 582 g/mol. The molecule has 0 aliphatic carbocycles. The molecule has 11 nitrogen and oxygen atoms in total. The van der Waals surface area contributed by atoms with Crippen molar-refractivity contribution in [2.24, 2.45) is 0 Å². The Morgan fingerprint density at radius 1 is 1.07 bits per heavy atom. The van der Waals surface area contributed by atoms with Gasteiger partial charge in [0.15, 0.2) is 0 Å². The minimum absolute atomic E-state index is 0.120. The summed E-state index contributed by atoms with van der Waals surface area (Å²) in [5, 5.41) is 6.92. The lowest BCUT2D eigenvalue weighted by Crippen LogP contribution is -2.52. The van der Waals surface area contributed by atoms with E-state index in [0.29, 0.717) is 30.2 Å². The van der Waals surface area contributed by atoms with Crippen LogP contribution in [0, 0.1) is 0 Å². The highest BCUT2D eigenvalue weighted by atomic mass is 35.5. The number of hydrogen-bond acceptors (Lipinski definition) is 8. The van der Waals surface area contributed by atoms with Gasteiger partial charge in [0.1, 0.15) is 11.8 Å². The van der Waals surface area contributed by atoms with Crippen molar-refractivity contribution < 1.29 is 27.5 Å². The summed E-state index contributed by atoms with van der Waals surface area (Å²) >= 11 is 5.90. The van der Waals surface area contributed by atoms with Crippen LogP contribution in [0.2, 0.25) is 5.02 Å². The van der Waals surface area contributed by atoms with Gasteiger partial charge in [-0.2, -0.15) is 17.6 Å². The first-order chi connectivity index (χ1) is 20.1. The molecule has 2 aromatic carbocycles. The molecule has 5 heterocycles. The van der Waals surface area contributed by atoms with E-state index in [1.807, 2.05) is 12.1 Å². The number of nitrogens with one attached hydrogen (secondary N) is 1. The van der Waals surface area contributed by atoms with Gasteiger partial charge in [-0.3, -0.25) is 24.6 Å². The SMILES string of the molecule is O=C1CC[C@H](N2Cc3c(ccc4c3OCC43CCN(Cc4cnn(S(=O)(=O)c5ccc(Cl)cc5)c4)CC3)C2=O)C(=O)N1.